The number of hydrogen-bond acceptors (Lipinski definition) is 6. The summed E-state index contributed by atoms with van der Waals surface area (Å²) < 4.78 is 0. The van der Waals surface area contributed by atoms with Crippen LogP contribution in [-0.4, -0.2) is 22.9 Å². The lowest BCUT2D eigenvalue weighted by Gasteiger charge is -2.14. The van der Waals surface area contributed by atoms with Gasteiger partial charge in [-0.05, 0) is 37.6 Å². The monoisotopic (exact) mass is 342 g/mol. The first-order valence-electron chi connectivity index (χ1n) is 7.49. The van der Waals surface area contributed by atoms with Crippen LogP contribution in [0.1, 0.15) is 12.5 Å². The fourth-order valence-electron chi connectivity index (χ4n) is 2.08. The summed E-state index contributed by atoms with van der Waals surface area (Å²) in [7, 11) is 0. The third-order valence-corrected chi connectivity index (χ3v) is 3.34. The molecule has 130 valence electrons. The largest absolute Gasteiger partial charge is 0.595 e. The highest BCUT2D eigenvalue weighted by molar-refractivity contribution is 6.10. The number of para-hydroxylation sites is 1. The highest BCUT2D eigenvalue weighted by Gasteiger charge is 2.23. The van der Waals surface area contributed by atoms with Gasteiger partial charge in [-0.3, -0.25) is 9.59 Å². The van der Waals surface area contributed by atoms with Crippen molar-refractivity contribution in [2.75, 3.05) is 5.32 Å². The number of hydrogen-bond donors (Lipinski definition) is 3. The van der Waals surface area contributed by atoms with Crippen LogP contribution >= 0.6 is 0 Å². The third-order valence-electron chi connectivity index (χ3n) is 3.34. The molecule has 8 heteroatoms. The highest BCUT2D eigenvalue weighted by Crippen LogP contribution is 2.23. The molecule has 3 N–H and O–H groups in total. The van der Waals surface area contributed by atoms with Crippen molar-refractivity contribution in [3.63, 3.8) is 0 Å². The van der Waals surface area contributed by atoms with Crippen LogP contribution in [0.2, 0.25) is 0 Å². The third kappa shape index (κ3) is 5.01. The molecule has 1 amide bonds. The van der Waals surface area contributed by atoms with E-state index in [9.17, 15) is 20.0 Å². The number of nitrogens with zero attached hydrogens (tertiary/aromatic N) is 2. The van der Waals surface area contributed by atoms with Gasteiger partial charge in [0.1, 0.15) is 5.69 Å². The lowest BCUT2D eigenvalue weighted by molar-refractivity contribution is -0.990. The number of anilines is 1. The van der Waals surface area contributed by atoms with Crippen LogP contribution in [0.3, 0.4) is 0 Å². The molecule has 0 aromatic heterocycles. The molecule has 8 nitrogen and oxygen atoms in total. The number of Topliss-reactive ketones (excluding diaryl/α,β-unsaturated/α-hetero) is 1. The van der Waals surface area contributed by atoms with Crippen LogP contribution in [0.4, 0.5) is 17.1 Å². The van der Waals surface area contributed by atoms with E-state index in [1.54, 1.807) is 43.3 Å². The van der Waals surface area contributed by atoms with Crippen molar-refractivity contribution in [2.45, 2.75) is 19.9 Å². The number of carbonyl (C=O) groups excluding carboxylic acids is 2. The van der Waals surface area contributed by atoms with Gasteiger partial charge in [-0.25, -0.2) is 5.21 Å². The Labute approximate surface area is 144 Å². The summed E-state index contributed by atoms with van der Waals surface area (Å²) in [5, 5.41) is 29.5. The summed E-state index contributed by atoms with van der Waals surface area (Å²) in [6.07, 6.45) is 0. The van der Waals surface area contributed by atoms with Gasteiger partial charge in [-0.1, -0.05) is 24.3 Å². The van der Waals surface area contributed by atoms with Crippen molar-refractivity contribution in [3.05, 3.63) is 59.3 Å². The highest BCUT2D eigenvalue weighted by atomic mass is 16.8. The maximum Gasteiger partial charge on any atom is 0.258 e. The van der Waals surface area contributed by atoms with E-state index in [0.29, 0.717) is 5.69 Å². The molecule has 25 heavy (non-hydrogen) atoms. The average Bonchev–Trinajstić information content (AvgIpc) is 2.56. The van der Waals surface area contributed by atoms with Crippen LogP contribution in [-0.2, 0) is 9.59 Å². The van der Waals surface area contributed by atoms with Crippen LogP contribution in [0.15, 0.2) is 58.8 Å². The molecule has 0 spiro atoms. The normalized spacial score (nSPS) is 13.4. The molecule has 1 unspecified atom stereocenters. The van der Waals surface area contributed by atoms with E-state index in [1.807, 2.05) is 0 Å². The van der Waals surface area contributed by atoms with E-state index in [0.717, 1.165) is 5.56 Å². The lowest BCUT2D eigenvalue weighted by Crippen LogP contribution is -2.99. The molecule has 0 saturated heterocycles. The summed E-state index contributed by atoms with van der Waals surface area (Å²) in [4.78, 5) is 24.0. The quantitative estimate of drug-likeness (QED) is 0.423. The summed E-state index contributed by atoms with van der Waals surface area (Å²) in [5.74, 6) is -1.13. The zero-order valence-corrected chi connectivity index (χ0v) is 13.8. The van der Waals surface area contributed by atoms with Crippen molar-refractivity contribution in [3.8, 4) is 0 Å². The molecule has 0 bridgehead atoms. The van der Waals surface area contributed by atoms with Gasteiger partial charge in [0.15, 0.2) is 11.5 Å². The predicted molar refractivity (Wildman–Crippen MR) is 91.0 cm³/mol. The molecular weight excluding hydrogens is 324 g/mol. The van der Waals surface area contributed by atoms with Gasteiger partial charge in [-0.2, -0.15) is 10.3 Å². The SMILES string of the molecule is CC(=O)[C@@H](N=Nc1ccc(C)cc1[NH+]([O-])O)C(=O)Nc1ccccc1. The average molecular weight is 342 g/mol. The number of azo groups is 1. The second-order valence-electron chi connectivity index (χ2n) is 5.41. The Morgan fingerprint density at radius 2 is 1.88 bits per heavy atom. The van der Waals surface area contributed by atoms with E-state index >= 15 is 0 Å². The molecule has 0 fully saturated rings. The second kappa shape index (κ2) is 8.25. The summed E-state index contributed by atoms with van der Waals surface area (Å²) in [5.41, 5.74) is 1.31. The zero-order chi connectivity index (χ0) is 18.4. The first kappa shape index (κ1) is 18.4. The van der Waals surface area contributed by atoms with Gasteiger partial charge >= 0.3 is 0 Å². The summed E-state index contributed by atoms with van der Waals surface area (Å²) in [6, 6.07) is 11.9. The first-order valence-corrected chi connectivity index (χ1v) is 7.49. The molecule has 0 aliphatic carbocycles. The van der Waals surface area contributed by atoms with E-state index in [2.05, 4.69) is 15.5 Å². The number of ketones is 1. The minimum absolute atomic E-state index is 0.0467. The van der Waals surface area contributed by atoms with Crippen molar-refractivity contribution in [1.29, 1.82) is 0 Å². The molecule has 2 rings (SSSR count). The standard InChI is InChI=1S/C17H18N4O4/c1-11-8-9-14(15(10-11)21(24)25)19-20-16(12(2)22)17(23)18-13-6-4-3-5-7-13/h3-10,16,21,24H,1-2H3,(H,18,23)/t16-/m1/s1. The second-order valence-corrected chi connectivity index (χ2v) is 5.41. The van der Waals surface area contributed by atoms with Crippen LogP contribution < -0.4 is 10.5 Å². The zero-order valence-electron chi connectivity index (χ0n) is 13.8. The molecule has 2 aromatic carbocycles. The maximum absolute atomic E-state index is 12.2. The number of benzene rings is 2. The summed E-state index contributed by atoms with van der Waals surface area (Å²) >= 11 is 0. The molecule has 0 radical (unpaired) electrons. The number of nitrogens with one attached hydrogen (secondary N) is 2. The van der Waals surface area contributed by atoms with Gasteiger partial charge < -0.3 is 10.5 Å². The van der Waals surface area contributed by atoms with E-state index < -0.39 is 23.0 Å². The fourth-order valence-corrected chi connectivity index (χ4v) is 2.08. The Hall–Kier alpha value is -2.94. The smallest absolute Gasteiger partial charge is 0.258 e. The molecule has 2 atom stereocenters. The van der Waals surface area contributed by atoms with Crippen molar-refractivity contribution in [1.82, 2.24) is 0 Å². The Morgan fingerprint density at radius 3 is 2.48 bits per heavy atom. The van der Waals surface area contributed by atoms with Gasteiger partial charge in [0.25, 0.3) is 5.91 Å². The Kier molecular flexibility index (Phi) is 6.07. The lowest BCUT2D eigenvalue weighted by atomic mass is 10.2. The van der Waals surface area contributed by atoms with Crippen LogP contribution in [0.25, 0.3) is 0 Å². The maximum atomic E-state index is 12.2. The van der Waals surface area contributed by atoms with Gasteiger partial charge in [0, 0.05) is 11.8 Å². The fraction of sp³-hybridized carbons (Fsp3) is 0.176. The van der Waals surface area contributed by atoms with Gasteiger partial charge in [-0.15, -0.1) is 5.11 Å². The summed E-state index contributed by atoms with van der Waals surface area (Å²) in [6.45, 7) is 2.97. The number of rotatable bonds is 6. The van der Waals surface area contributed by atoms with E-state index in [4.69, 9.17) is 0 Å². The minimum Gasteiger partial charge on any atom is -0.595 e. The molecule has 0 aliphatic heterocycles. The van der Waals surface area contributed by atoms with Crippen LogP contribution in [0, 0.1) is 12.1 Å². The molecule has 2 aromatic rings. The van der Waals surface area contributed by atoms with Crippen molar-refractivity contribution < 1.29 is 20.0 Å². The minimum atomic E-state index is -1.36. The predicted octanol–water partition coefficient (Wildman–Crippen LogP) is 2.08. The Bertz CT molecular complexity index is 790. The van der Waals surface area contributed by atoms with Crippen molar-refractivity contribution in [2.24, 2.45) is 10.2 Å². The first-order chi connectivity index (χ1) is 11.9. The number of carbonyl (C=O) groups is 2. The van der Waals surface area contributed by atoms with E-state index in [1.165, 1.54) is 19.1 Å². The van der Waals surface area contributed by atoms with Crippen molar-refractivity contribution >= 4 is 28.8 Å². The number of aryl methyl sites for hydroxylation is 1. The Balaban J connectivity index is 2.23. The molecule has 0 heterocycles. The topological polar surface area (TPSA) is 119 Å². The Morgan fingerprint density at radius 1 is 1.20 bits per heavy atom. The van der Waals surface area contributed by atoms with Gasteiger partial charge in [0.05, 0.1) is 0 Å². The van der Waals surface area contributed by atoms with Gasteiger partial charge in [0.2, 0.25) is 6.04 Å². The number of quaternary nitrogens is 1. The number of amides is 1. The molecule has 0 aliphatic rings. The molecule has 0 saturated carbocycles. The van der Waals surface area contributed by atoms with Crippen LogP contribution in [0.5, 0.6) is 0 Å². The van der Waals surface area contributed by atoms with E-state index in [-0.39, 0.29) is 11.4 Å². The molecular formula is C17H18N4O4.